The highest BCUT2D eigenvalue weighted by molar-refractivity contribution is 7.35. The summed E-state index contributed by atoms with van der Waals surface area (Å²) in [4.78, 5) is 0.273. The highest BCUT2D eigenvalue weighted by atomic mass is 31.0. The van der Waals surface area contributed by atoms with Crippen molar-refractivity contribution < 1.29 is 57.1 Å². The molecule has 0 spiro atoms. The molecule has 0 radical (unpaired) electrons. The summed E-state index contributed by atoms with van der Waals surface area (Å²) in [6, 6.07) is 0. The minimum atomic E-state index is -7.89. The van der Waals surface area contributed by atoms with Crippen LogP contribution in [0.4, 0.5) is 57.1 Å². The van der Waals surface area contributed by atoms with E-state index in [-0.39, 0.29) is 15.7 Å². The second-order valence-corrected chi connectivity index (χ2v) is 6.41. The maximum absolute atomic E-state index is 13.5. The first kappa shape index (κ1) is 25.1. The van der Waals surface area contributed by atoms with E-state index in [0.29, 0.717) is 0 Å². The standard InChI is InChI=1S/C10H8F13N3P2/c11-5(12,1-2-26-24-3(27)4(28)25-26)6(13,14)7(15,16)8(17,18)9(19,20)10(21,22)23/h1-2,27-28H2. The lowest BCUT2D eigenvalue weighted by atomic mass is 9.92. The number of aryl methyl sites for hydroxylation is 1. The third kappa shape index (κ3) is 3.78. The molecule has 1 heterocycles. The Morgan fingerprint density at radius 2 is 0.964 bits per heavy atom. The zero-order valence-corrected chi connectivity index (χ0v) is 15.1. The molecular formula is C10H8F13N3P2. The van der Waals surface area contributed by atoms with Crippen LogP contribution in [0.25, 0.3) is 0 Å². The van der Waals surface area contributed by atoms with Gasteiger partial charge < -0.3 is 0 Å². The number of hydrogen-bond donors (Lipinski definition) is 0. The Morgan fingerprint density at radius 3 is 1.32 bits per heavy atom. The first-order valence-electron chi connectivity index (χ1n) is 6.55. The lowest BCUT2D eigenvalue weighted by molar-refractivity contribution is -0.440. The van der Waals surface area contributed by atoms with Gasteiger partial charge in [-0.2, -0.15) is 72.1 Å². The van der Waals surface area contributed by atoms with Crippen molar-refractivity contribution in [2.45, 2.75) is 48.8 Å². The Balaban J connectivity index is 3.25. The molecule has 0 saturated carbocycles. The van der Waals surface area contributed by atoms with Crippen LogP contribution < -0.4 is 10.9 Å². The smallest absolute Gasteiger partial charge is 0.200 e. The lowest BCUT2D eigenvalue weighted by Gasteiger charge is -2.39. The summed E-state index contributed by atoms with van der Waals surface area (Å²) in [7, 11) is 3.82. The molecule has 1 aromatic rings. The van der Waals surface area contributed by atoms with E-state index in [9.17, 15) is 57.1 Å². The Morgan fingerprint density at radius 1 is 0.607 bits per heavy atom. The van der Waals surface area contributed by atoms with E-state index in [4.69, 9.17) is 0 Å². The molecule has 0 bridgehead atoms. The van der Waals surface area contributed by atoms with Crippen LogP contribution in [0.5, 0.6) is 0 Å². The van der Waals surface area contributed by atoms with Crippen molar-refractivity contribution in [1.82, 2.24) is 15.0 Å². The van der Waals surface area contributed by atoms with E-state index < -0.39 is 48.8 Å². The van der Waals surface area contributed by atoms with Crippen molar-refractivity contribution in [2.75, 3.05) is 0 Å². The average Bonchev–Trinajstić information content (AvgIpc) is 2.82. The molecule has 2 atom stereocenters. The van der Waals surface area contributed by atoms with E-state index in [0.717, 1.165) is 0 Å². The molecule has 28 heavy (non-hydrogen) atoms. The molecule has 18 heteroatoms. The molecule has 0 aliphatic rings. The fourth-order valence-corrected chi connectivity index (χ4v) is 2.06. The third-order valence-corrected chi connectivity index (χ3v) is 4.49. The molecule has 0 aliphatic heterocycles. The molecule has 0 aliphatic carbocycles. The quantitative estimate of drug-likeness (QED) is 0.444. The summed E-state index contributed by atoms with van der Waals surface area (Å²) in [6.07, 6.45) is -9.80. The van der Waals surface area contributed by atoms with Crippen LogP contribution in [-0.2, 0) is 6.54 Å². The van der Waals surface area contributed by atoms with E-state index in [1.165, 1.54) is 0 Å². The maximum Gasteiger partial charge on any atom is 0.460 e. The van der Waals surface area contributed by atoms with Crippen molar-refractivity contribution in [3.05, 3.63) is 0 Å². The van der Waals surface area contributed by atoms with Crippen molar-refractivity contribution in [2.24, 2.45) is 0 Å². The molecule has 164 valence electrons. The van der Waals surface area contributed by atoms with E-state index >= 15 is 0 Å². The molecule has 0 aromatic carbocycles. The van der Waals surface area contributed by atoms with Crippen molar-refractivity contribution >= 4 is 29.3 Å². The third-order valence-electron chi connectivity index (χ3n) is 3.33. The summed E-state index contributed by atoms with van der Waals surface area (Å²) in [5.74, 6) is -36.8. The first-order valence-corrected chi connectivity index (χ1v) is 7.71. The number of aromatic nitrogens is 3. The van der Waals surface area contributed by atoms with Crippen LogP contribution in [-0.4, -0.2) is 50.8 Å². The maximum atomic E-state index is 13.5. The van der Waals surface area contributed by atoms with Gasteiger partial charge in [0.25, 0.3) is 0 Å². The lowest BCUT2D eigenvalue weighted by Crippen LogP contribution is -2.70. The fraction of sp³-hybridized carbons (Fsp3) is 0.800. The van der Waals surface area contributed by atoms with Gasteiger partial charge in [-0.25, -0.2) is 0 Å². The van der Waals surface area contributed by atoms with Crippen LogP contribution in [0.15, 0.2) is 0 Å². The number of alkyl halides is 13. The van der Waals surface area contributed by atoms with Gasteiger partial charge in [-0.1, -0.05) is 18.5 Å². The molecule has 0 fully saturated rings. The molecule has 0 amide bonds. The van der Waals surface area contributed by atoms with Gasteiger partial charge in [0.15, 0.2) is 0 Å². The zero-order valence-electron chi connectivity index (χ0n) is 12.8. The minimum Gasteiger partial charge on any atom is -0.200 e. The molecule has 0 N–H and O–H groups in total. The predicted molar refractivity (Wildman–Crippen MR) is 74.1 cm³/mol. The molecule has 1 rings (SSSR count). The molecule has 3 nitrogen and oxygen atoms in total. The Bertz CT molecular complexity index is 692. The second kappa shape index (κ2) is 7.10. The normalized spacial score (nSPS) is 15.2. The van der Waals surface area contributed by atoms with Gasteiger partial charge in [0, 0.05) is 6.42 Å². The van der Waals surface area contributed by atoms with Gasteiger partial charge in [0.1, 0.15) is 10.9 Å². The predicted octanol–water partition coefficient (Wildman–Crippen LogP) is 3.41. The fourth-order valence-electron chi connectivity index (χ4n) is 1.67. The molecule has 1 aromatic heterocycles. The number of halogens is 13. The molecular weight excluding hydrogens is 471 g/mol. The Hall–Kier alpha value is -0.910. The summed E-state index contributed by atoms with van der Waals surface area (Å²) < 4.78 is 168. The van der Waals surface area contributed by atoms with Crippen molar-refractivity contribution in [3.63, 3.8) is 0 Å². The zero-order chi connectivity index (χ0) is 22.6. The largest absolute Gasteiger partial charge is 0.460 e. The summed E-state index contributed by atoms with van der Waals surface area (Å²) >= 11 is 0. The van der Waals surface area contributed by atoms with Crippen LogP contribution >= 0.6 is 18.5 Å². The molecule has 2 unspecified atom stereocenters. The SMILES string of the molecule is FC(F)(F)C(F)(F)C(F)(F)C(F)(F)C(F)(F)C(F)(F)CCn1nc(P)c(P)n1. The van der Waals surface area contributed by atoms with E-state index in [2.05, 4.69) is 10.2 Å². The summed E-state index contributed by atoms with van der Waals surface area (Å²) in [5.41, 5.74) is -0.0245. The number of rotatable bonds is 7. The summed E-state index contributed by atoms with van der Waals surface area (Å²) in [5, 5.41) is 6.69. The second-order valence-electron chi connectivity index (χ2n) is 5.32. The van der Waals surface area contributed by atoms with Gasteiger partial charge in [0.05, 0.1) is 6.54 Å². The summed E-state index contributed by atoms with van der Waals surface area (Å²) in [6.45, 7) is -1.38. The van der Waals surface area contributed by atoms with Gasteiger partial charge in [0.2, 0.25) is 0 Å². The van der Waals surface area contributed by atoms with Crippen molar-refractivity contribution in [3.8, 4) is 0 Å². The van der Waals surface area contributed by atoms with Gasteiger partial charge in [-0.15, -0.1) is 0 Å². The van der Waals surface area contributed by atoms with Gasteiger partial charge in [-0.05, 0) is 0 Å². The Labute approximate surface area is 151 Å². The van der Waals surface area contributed by atoms with Crippen LogP contribution in [0.3, 0.4) is 0 Å². The van der Waals surface area contributed by atoms with Crippen LogP contribution in [0, 0.1) is 0 Å². The van der Waals surface area contributed by atoms with Crippen LogP contribution in [0.1, 0.15) is 6.42 Å². The highest BCUT2D eigenvalue weighted by Gasteiger charge is 2.90. The Kier molecular flexibility index (Phi) is 6.37. The van der Waals surface area contributed by atoms with Crippen LogP contribution in [0.2, 0.25) is 0 Å². The monoisotopic (exact) mass is 479 g/mol. The highest BCUT2D eigenvalue weighted by Crippen LogP contribution is 2.60. The molecule has 0 saturated heterocycles. The topological polar surface area (TPSA) is 30.7 Å². The van der Waals surface area contributed by atoms with E-state index in [1.54, 1.807) is 0 Å². The first-order chi connectivity index (χ1) is 12.1. The van der Waals surface area contributed by atoms with Gasteiger partial charge >= 0.3 is 35.8 Å². The number of nitrogens with zero attached hydrogens (tertiary/aromatic N) is 3. The average molecular weight is 479 g/mol. The minimum absolute atomic E-state index is 0.0123. The number of hydrogen-bond acceptors (Lipinski definition) is 2. The van der Waals surface area contributed by atoms with Crippen molar-refractivity contribution in [1.29, 1.82) is 0 Å². The van der Waals surface area contributed by atoms with E-state index in [1.807, 2.05) is 18.5 Å². The van der Waals surface area contributed by atoms with Gasteiger partial charge in [-0.3, -0.25) is 0 Å².